The number of alkyl carbamates (subject to hydrolysis) is 2. The van der Waals surface area contributed by atoms with Crippen LogP contribution in [0.4, 0.5) is 9.59 Å². The van der Waals surface area contributed by atoms with Gasteiger partial charge in [0, 0.05) is 25.5 Å². The molecule has 278 valence electrons. The van der Waals surface area contributed by atoms with E-state index in [0.717, 1.165) is 56.8 Å². The fourth-order valence-electron chi connectivity index (χ4n) is 6.64. The molecular weight excluding hydrogens is 709 g/mol. The minimum absolute atomic E-state index is 0.119. The molecule has 18 heteroatoms. The van der Waals surface area contributed by atoms with E-state index < -0.39 is 24.3 Å². The second-order valence-electron chi connectivity index (χ2n) is 13.5. The second-order valence-corrected chi connectivity index (χ2v) is 15.6. The van der Waals surface area contributed by atoms with Crippen LogP contribution in [0.5, 0.6) is 0 Å². The number of methoxy groups -OCH3 is 2. The summed E-state index contributed by atoms with van der Waals surface area (Å²) >= 11 is 2.97. The van der Waals surface area contributed by atoms with Crippen LogP contribution in [0.25, 0.3) is 31.2 Å². The molecule has 0 spiro atoms. The Labute approximate surface area is 309 Å². The van der Waals surface area contributed by atoms with Gasteiger partial charge in [-0.1, -0.05) is 27.7 Å². The van der Waals surface area contributed by atoms with E-state index >= 15 is 0 Å². The van der Waals surface area contributed by atoms with Crippen LogP contribution >= 0.6 is 22.7 Å². The number of carbonyl (C=O) groups excluding carboxylic acids is 4. The van der Waals surface area contributed by atoms with Crippen molar-refractivity contribution in [2.45, 2.75) is 77.5 Å². The highest BCUT2D eigenvalue weighted by Gasteiger charge is 2.39. The molecule has 0 aromatic carbocycles. The van der Waals surface area contributed by atoms with Gasteiger partial charge in [-0.3, -0.25) is 9.59 Å². The maximum absolute atomic E-state index is 13.5. The van der Waals surface area contributed by atoms with Crippen molar-refractivity contribution in [2.24, 2.45) is 11.8 Å². The lowest BCUT2D eigenvalue weighted by Gasteiger charge is -2.30. The number of carbonyl (C=O) groups is 4. The first-order chi connectivity index (χ1) is 25.0. The molecule has 6 heterocycles. The van der Waals surface area contributed by atoms with Crippen LogP contribution in [-0.2, 0) is 19.1 Å². The largest absolute Gasteiger partial charge is 0.453 e. The van der Waals surface area contributed by atoms with Crippen LogP contribution in [0.15, 0.2) is 24.8 Å². The molecule has 52 heavy (non-hydrogen) atoms. The minimum Gasteiger partial charge on any atom is -0.453 e. The molecule has 4 atom stereocenters. The zero-order valence-corrected chi connectivity index (χ0v) is 31.6. The number of imidazole rings is 2. The van der Waals surface area contributed by atoms with E-state index in [1.54, 1.807) is 34.6 Å². The van der Waals surface area contributed by atoms with Gasteiger partial charge >= 0.3 is 12.2 Å². The molecule has 4 aromatic rings. The van der Waals surface area contributed by atoms with Crippen molar-refractivity contribution in [2.75, 3.05) is 27.3 Å². The van der Waals surface area contributed by atoms with Crippen LogP contribution in [0.1, 0.15) is 77.1 Å². The lowest BCUT2D eigenvalue weighted by atomic mass is 10.0. The molecule has 6 rings (SSSR count). The van der Waals surface area contributed by atoms with Gasteiger partial charge in [0.2, 0.25) is 11.8 Å². The number of nitrogens with one attached hydrogen (secondary N) is 4. The number of nitrogens with zero attached hydrogens (tertiary/aromatic N) is 6. The van der Waals surface area contributed by atoms with Gasteiger partial charge in [0.15, 0.2) is 10.0 Å². The van der Waals surface area contributed by atoms with Gasteiger partial charge in [-0.25, -0.2) is 29.5 Å². The molecule has 16 nitrogen and oxygen atoms in total. The molecule has 2 saturated heterocycles. The molecule has 0 bridgehead atoms. The number of aromatic nitrogens is 6. The van der Waals surface area contributed by atoms with E-state index in [1.807, 2.05) is 27.7 Å². The summed E-state index contributed by atoms with van der Waals surface area (Å²) in [6, 6.07) is -1.89. The lowest BCUT2D eigenvalue weighted by Crippen LogP contribution is -2.51. The van der Waals surface area contributed by atoms with E-state index in [0.29, 0.717) is 24.7 Å². The van der Waals surface area contributed by atoms with Gasteiger partial charge in [-0.2, -0.15) is 0 Å². The summed E-state index contributed by atoms with van der Waals surface area (Å²) in [7, 11) is 2.56. The summed E-state index contributed by atoms with van der Waals surface area (Å²) in [5, 5.41) is 6.86. The monoisotopic (exact) mass is 752 g/mol. The molecule has 0 radical (unpaired) electrons. The summed E-state index contributed by atoms with van der Waals surface area (Å²) < 4.78 is 9.49. The van der Waals surface area contributed by atoms with Crippen LogP contribution < -0.4 is 10.6 Å². The number of ether oxygens (including phenoxy) is 2. The average molecular weight is 753 g/mol. The van der Waals surface area contributed by atoms with Gasteiger partial charge in [0.25, 0.3) is 0 Å². The number of amides is 4. The predicted molar refractivity (Wildman–Crippen MR) is 194 cm³/mol. The fraction of sp³-hybridized carbons (Fsp3) is 0.529. The summed E-state index contributed by atoms with van der Waals surface area (Å²) in [4.78, 5) is 81.6. The van der Waals surface area contributed by atoms with E-state index in [-0.39, 0.29) is 35.7 Å². The summed E-state index contributed by atoms with van der Waals surface area (Å²) in [6.45, 7) is 8.70. The van der Waals surface area contributed by atoms with Crippen molar-refractivity contribution in [1.82, 2.24) is 50.3 Å². The Morgan fingerprint density at radius 2 is 1.10 bits per heavy atom. The Morgan fingerprint density at radius 3 is 1.46 bits per heavy atom. The number of aromatic amines is 2. The number of hydrogen-bond acceptors (Lipinski definition) is 12. The average Bonchev–Trinajstić information content (AvgIpc) is 3.98. The number of likely N-dealkylation sites (tertiary alicyclic amines) is 2. The summed E-state index contributed by atoms with van der Waals surface area (Å²) in [5.41, 5.74) is 1.58. The maximum atomic E-state index is 13.5. The smallest absolute Gasteiger partial charge is 0.407 e. The third-order valence-corrected chi connectivity index (χ3v) is 11.6. The highest BCUT2D eigenvalue weighted by atomic mass is 32.1. The normalized spacial score (nSPS) is 18.5. The predicted octanol–water partition coefficient (Wildman–Crippen LogP) is 5.14. The standard InChI is InChI=1S/C34H44N10O6S2/c1-17(2)25(41-33(47)49-5)31(45)43-11-7-9-21(43)27-35-13-19(39-27)23-15-37-29(51-23)30-38-16-24(52-30)20-14-36-28(40-20)22-10-8-12-44(22)32(46)26(18(3)4)42-34(48)50-6/h13-18,21-22,25-26H,7-12H2,1-6H3,(H,35,39)(H,36,40)(H,41,47)(H,42,48). The van der Waals surface area contributed by atoms with Gasteiger partial charge in [0.1, 0.15) is 23.7 Å². The Kier molecular flexibility index (Phi) is 11.2. The van der Waals surface area contributed by atoms with Gasteiger partial charge in [0.05, 0.1) is 59.8 Å². The van der Waals surface area contributed by atoms with Crippen LogP contribution in [0.3, 0.4) is 0 Å². The minimum atomic E-state index is -0.705. The van der Waals surface area contributed by atoms with Crippen molar-refractivity contribution < 1.29 is 28.7 Å². The molecule has 0 saturated carbocycles. The molecule has 2 aliphatic heterocycles. The molecule has 0 aliphatic carbocycles. The van der Waals surface area contributed by atoms with E-state index in [4.69, 9.17) is 9.47 Å². The molecule has 4 amide bonds. The third-order valence-electron chi connectivity index (χ3n) is 9.40. The highest BCUT2D eigenvalue weighted by molar-refractivity contribution is 7.24. The van der Waals surface area contributed by atoms with E-state index in [1.165, 1.54) is 36.9 Å². The number of rotatable bonds is 11. The Balaban J connectivity index is 1.13. The third kappa shape index (κ3) is 7.67. The summed E-state index contributed by atoms with van der Waals surface area (Å²) in [6.07, 6.45) is 8.97. The SMILES string of the molecule is COC(=O)NC(C(=O)N1CCCC1c1ncc(-c2cnc(-c3ncc(-c4cnc(C5CCCN5C(=O)C(NC(=O)OC)C(C)C)[nH]4)s3)s2)[nH]1)C(C)C. The Bertz CT molecular complexity index is 1760. The molecule has 2 aliphatic rings. The van der Waals surface area contributed by atoms with Gasteiger partial charge in [-0.05, 0) is 37.5 Å². The van der Waals surface area contributed by atoms with Crippen molar-refractivity contribution in [1.29, 1.82) is 0 Å². The molecular formula is C34H44N10O6S2. The number of H-pyrrole nitrogens is 2. The van der Waals surface area contributed by atoms with Crippen LogP contribution in [0, 0.1) is 11.8 Å². The maximum Gasteiger partial charge on any atom is 0.407 e. The second kappa shape index (κ2) is 15.8. The first-order valence-electron chi connectivity index (χ1n) is 17.3. The van der Waals surface area contributed by atoms with Crippen molar-refractivity contribution >= 4 is 46.7 Å². The van der Waals surface area contributed by atoms with Crippen molar-refractivity contribution in [3.63, 3.8) is 0 Å². The van der Waals surface area contributed by atoms with Crippen molar-refractivity contribution in [3.8, 4) is 31.2 Å². The Hall–Kier alpha value is -4.84. The number of thiazole rings is 2. The molecule has 4 unspecified atom stereocenters. The highest BCUT2D eigenvalue weighted by Crippen LogP contribution is 2.39. The quantitative estimate of drug-likeness (QED) is 0.159. The lowest BCUT2D eigenvalue weighted by molar-refractivity contribution is -0.136. The first-order valence-corrected chi connectivity index (χ1v) is 18.9. The molecule has 4 aromatic heterocycles. The molecule has 4 N–H and O–H groups in total. The first kappa shape index (κ1) is 36.9. The van der Waals surface area contributed by atoms with Crippen LogP contribution in [-0.4, -0.2) is 103 Å². The van der Waals surface area contributed by atoms with E-state index in [2.05, 4.69) is 40.5 Å². The van der Waals surface area contributed by atoms with Crippen molar-refractivity contribution in [3.05, 3.63) is 36.4 Å². The number of hydrogen-bond donors (Lipinski definition) is 4. The van der Waals surface area contributed by atoms with Crippen LogP contribution in [0.2, 0.25) is 0 Å². The topological polar surface area (TPSA) is 200 Å². The fourth-order valence-corrected chi connectivity index (χ4v) is 8.44. The molecule has 2 fully saturated rings. The summed E-state index contributed by atoms with van der Waals surface area (Å²) in [5.74, 6) is 0.811. The van der Waals surface area contributed by atoms with Gasteiger partial charge < -0.3 is 39.9 Å². The van der Waals surface area contributed by atoms with E-state index in [9.17, 15) is 19.2 Å². The van der Waals surface area contributed by atoms with Gasteiger partial charge in [-0.15, -0.1) is 22.7 Å². The zero-order valence-electron chi connectivity index (χ0n) is 30.0. The zero-order chi connectivity index (χ0) is 37.1. The Morgan fingerprint density at radius 1 is 0.692 bits per heavy atom.